The maximum atomic E-state index is 11.3. The monoisotopic (exact) mass is 597 g/mol. The zero-order chi connectivity index (χ0) is 28.5. The largest absolute Gasteiger partial charge is 0.493 e. The fraction of sp³-hybridized carbons (Fsp3) is 0.273. The fourth-order valence-corrected chi connectivity index (χ4v) is 4.79. The van der Waals surface area contributed by atoms with Gasteiger partial charge in [0, 0.05) is 6.04 Å². The van der Waals surface area contributed by atoms with Crippen molar-refractivity contribution < 1.29 is 24.1 Å². The Labute approximate surface area is 253 Å². The third kappa shape index (κ3) is 8.54. The van der Waals surface area contributed by atoms with Crippen LogP contribution in [0, 0.1) is 5.92 Å². The van der Waals surface area contributed by atoms with Gasteiger partial charge in [0.15, 0.2) is 23.0 Å². The third-order valence-electron chi connectivity index (χ3n) is 6.86. The summed E-state index contributed by atoms with van der Waals surface area (Å²) in [5.41, 5.74) is 10.2. The van der Waals surface area contributed by atoms with Gasteiger partial charge in [-0.2, -0.15) is 0 Å². The van der Waals surface area contributed by atoms with Gasteiger partial charge in [0.25, 0.3) is 0 Å². The lowest BCUT2D eigenvalue weighted by Gasteiger charge is -2.26. The summed E-state index contributed by atoms with van der Waals surface area (Å²) in [7, 11) is 3.21. The van der Waals surface area contributed by atoms with Crippen LogP contribution in [0.25, 0.3) is 0 Å². The summed E-state index contributed by atoms with van der Waals surface area (Å²) < 4.78 is 23.1. The molecule has 0 saturated carbocycles. The van der Waals surface area contributed by atoms with Gasteiger partial charge in [-0.05, 0) is 58.9 Å². The second kappa shape index (κ2) is 15.5. The minimum Gasteiger partial charge on any atom is -0.493 e. The summed E-state index contributed by atoms with van der Waals surface area (Å²) in [6.45, 7) is 2.66. The van der Waals surface area contributed by atoms with Crippen molar-refractivity contribution in [1.82, 2.24) is 0 Å². The number of hydrogen-bond donors (Lipinski definition) is 2. The van der Waals surface area contributed by atoms with E-state index < -0.39 is 12.1 Å². The van der Waals surface area contributed by atoms with Crippen LogP contribution in [0.5, 0.6) is 23.0 Å². The molecule has 0 fully saturated rings. The van der Waals surface area contributed by atoms with E-state index in [9.17, 15) is 5.11 Å². The molecule has 4 aromatic rings. The van der Waals surface area contributed by atoms with Crippen LogP contribution >= 0.6 is 24.0 Å². The number of ether oxygens (including phenoxy) is 4. The summed E-state index contributed by atoms with van der Waals surface area (Å²) in [6.07, 6.45) is -0.336. The lowest BCUT2D eigenvalue weighted by Crippen LogP contribution is -2.36. The second-order valence-electron chi connectivity index (χ2n) is 9.77. The minimum absolute atomic E-state index is 0. The summed E-state index contributed by atoms with van der Waals surface area (Å²) in [4.78, 5) is 0. The molecule has 0 aromatic heterocycles. The van der Waals surface area contributed by atoms with Crippen LogP contribution in [0.2, 0.25) is 5.02 Å². The molecular weight excluding hydrogens is 561 g/mol. The maximum absolute atomic E-state index is 11.3. The normalized spacial score (nSPS) is 12.9. The number of benzene rings is 4. The van der Waals surface area contributed by atoms with Crippen molar-refractivity contribution in [3.05, 3.63) is 118 Å². The molecule has 0 saturated heterocycles. The van der Waals surface area contributed by atoms with Crippen molar-refractivity contribution in [2.45, 2.75) is 38.7 Å². The van der Waals surface area contributed by atoms with E-state index in [2.05, 4.69) is 0 Å². The first kappa shape index (κ1) is 32.1. The molecule has 218 valence electrons. The summed E-state index contributed by atoms with van der Waals surface area (Å²) >= 11 is 6.72. The molecule has 41 heavy (non-hydrogen) atoms. The Balaban J connectivity index is 0.00000462. The highest BCUT2D eigenvalue weighted by Gasteiger charge is 2.26. The molecule has 6 nitrogen and oxygen atoms in total. The zero-order valence-electron chi connectivity index (χ0n) is 23.5. The van der Waals surface area contributed by atoms with E-state index in [0.29, 0.717) is 53.2 Å². The molecule has 8 heteroatoms. The molecule has 0 aliphatic carbocycles. The summed E-state index contributed by atoms with van der Waals surface area (Å²) in [5.74, 6) is 2.12. The molecule has 3 atom stereocenters. The van der Waals surface area contributed by atoms with Gasteiger partial charge in [-0.15, -0.1) is 12.4 Å². The fourth-order valence-electron chi connectivity index (χ4n) is 4.52. The average molecular weight is 599 g/mol. The van der Waals surface area contributed by atoms with E-state index in [1.807, 2.05) is 85.8 Å². The highest BCUT2D eigenvalue weighted by Crippen LogP contribution is 2.40. The van der Waals surface area contributed by atoms with Gasteiger partial charge in [0.1, 0.15) is 13.2 Å². The predicted molar refractivity (Wildman–Crippen MR) is 166 cm³/mol. The topological polar surface area (TPSA) is 83.2 Å². The number of rotatable bonds is 13. The Hall–Kier alpha value is -3.42. The average Bonchev–Trinajstić information content (AvgIpc) is 2.99. The van der Waals surface area contributed by atoms with Gasteiger partial charge in [-0.1, -0.05) is 85.3 Å². The Bertz CT molecular complexity index is 1370. The predicted octanol–water partition coefficient (Wildman–Crippen LogP) is 7.18. The van der Waals surface area contributed by atoms with Crippen molar-refractivity contribution in [3.8, 4) is 23.0 Å². The number of methoxy groups -OCH3 is 2. The lowest BCUT2D eigenvalue weighted by molar-refractivity contribution is 0.121. The molecule has 3 unspecified atom stereocenters. The van der Waals surface area contributed by atoms with Gasteiger partial charge in [-0.3, -0.25) is 0 Å². The highest BCUT2D eigenvalue weighted by molar-refractivity contribution is 6.32. The zero-order valence-corrected chi connectivity index (χ0v) is 25.0. The van der Waals surface area contributed by atoms with Crippen molar-refractivity contribution in [1.29, 1.82) is 0 Å². The maximum Gasteiger partial charge on any atom is 0.180 e. The summed E-state index contributed by atoms with van der Waals surface area (Å²) in [5, 5.41) is 11.7. The number of aliphatic hydroxyl groups is 1. The standard InChI is InChI=1S/C33H36ClNO5.ClH/c1-22(16-25-14-15-28(37-2)29(17-25)38-3)31(35)32(36)26-18-27(34)33(40-21-24-12-8-5-9-13-24)30(19-26)39-20-23-10-6-4-7-11-23;/h4-15,17-19,22,31-32,36H,16,20-21,35H2,1-3H3;1H. The van der Waals surface area contributed by atoms with E-state index in [0.717, 1.165) is 16.7 Å². The molecule has 0 amide bonds. The molecule has 0 radical (unpaired) electrons. The van der Waals surface area contributed by atoms with Crippen LogP contribution in [0.4, 0.5) is 0 Å². The highest BCUT2D eigenvalue weighted by atomic mass is 35.5. The van der Waals surface area contributed by atoms with Gasteiger partial charge >= 0.3 is 0 Å². The van der Waals surface area contributed by atoms with Crippen molar-refractivity contribution >= 4 is 24.0 Å². The summed E-state index contributed by atoms with van der Waals surface area (Å²) in [6, 6.07) is 28.3. The molecule has 0 bridgehead atoms. The molecule has 4 rings (SSSR count). The second-order valence-corrected chi connectivity index (χ2v) is 10.2. The molecule has 0 aliphatic heterocycles. The van der Waals surface area contributed by atoms with E-state index in [1.165, 1.54) is 0 Å². The molecule has 0 spiro atoms. The number of hydrogen-bond acceptors (Lipinski definition) is 6. The lowest BCUT2D eigenvalue weighted by atomic mass is 9.88. The van der Waals surface area contributed by atoms with E-state index in [4.69, 9.17) is 36.3 Å². The van der Waals surface area contributed by atoms with Gasteiger partial charge in [0.05, 0.1) is 25.3 Å². The Kier molecular flexibility index (Phi) is 12.2. The SMILES string of the molecule is COc1ccc(CC(C)C(N)C(O)c2cc(Cl)c(OCc3ccccc3)c(OCc3ccccc3)c2)cc1OC.Cl. The van der Waals surface area contributed by atoms with Crippen molar-refractivity contribution in [2.75, 3.05) is 14.2 Å². The first-order valence-corrected chi connectivity index (χ1v) is 13.6. The third-order valence-corrected chi connectivity index (χ3v) is 7.14. The molecular formula is C33H37Cl2NO5. The molecule has 0 heterocycles. The van der Waals surface area contributed by atoms with Crippen molar-refractivity contribution in [3.63, 3.8) is 0 Å². The first-order valence-electron chi connectivity index (χ1n) is 13.2. The van der Waals surface area contributed by atoms with Crippen LogP contribution in [0.1, 0.15) is 35.3 Å². The van der Waals surface area contributed by atoms with E-state index >= 15 is 0 Å². The van der Waals surface area contributed by atoms with E-state index in [-0.39, 0.29) is 18.3 Å². The minimum atomic E-state index is -0.977. The molecule has 0 aliphatic rings. The van der Waals surface area contributed by atoms with Crippen LogP contribution in [0.3, 0.4) is 0 Å². The van der Waals surface area contributed by atoms with Crippen LogP contribution < -0.4 is 24.7 Å². The van der Waals surface area contributed by atoms with Crippen LogP contribution in [-0.2, 0) is 19.6 Å². The smallest absolute Gasteiger partial charge is 0.180 e. The molecule has 4 aromatic carbocycles. The Morgan fingerprint density at radius 1 is 0.732 bits per heavy atom. The Morgan fingerprint density at radius 2 is 1.32 bits per heavy atom. The first-order chi connectivity index (χ1) is 19.4. The van der Waals surface area contributed by atoms with Crippen LogP contribution in [-0.4, -0.2) is 25.4 Å². The number of aliphatic hydroxyl groups excluding tert-OH is 1. The quantitative estimate of drug-likeness (QED) is 0.170. The van der Waals surface area contributed by atoms with Gasteiger partial charge in [-0.25, -0.2) is 0 Å². The molecule has 3 N–H and O–H groups in total. The number of nitrogens with two attached hydrogens (primary N) is 1. The van der Waals surface area contributed by atoms with Crippen LogP contribution in [0.15, 0.2) is 91.0 Å². The van der Waals surface area contributed by atoms with E-state index in [1.54, 1.807) is 26.4 Å². The number of halogens is 2. The van der Waals surface area contributed by atoms with Crippen molar-refractivity contribution in [2.24, 2.45) is 11.7 Å². The van der Waals surface area contributed by atoms with Gasteiger partial charge in [0.2, 0.25) is 0 Å². The van der Waals surface area contributed by atoms with Gasteiger partial charge < -0.3 is 29.8 Å². The Morgan fingerprint density at radius 3 is 1.90 bits per heavy atom.